The van der Waals surface area contributed by atoms with Crippen molar-refractivity contribution in [2.24, 2.45) is 4.99 Å². The van der Waals surface area contributed by atoms with Gasteiger partial charge in [0.2, 0.25) is 0 Å². The minimum absolute atomic E-state index is 0.269. The maximum absolute atomic E-state index is 13.0. The van der Waals surface area contributed by atoms with Crippen LogP contribution in [0.3, 0.4) is 0 Å². The molecule has 2 aromatic heterocycles. The maximum Gasteiger partial charge on any atom is 0.137 e. The van der Waals surface area contributed by atoms with E-state index in [4.69, 9.17) is 0 Å². The summed E-state index contributed by atoms with van der Waals surface area (Å²) in [4.78, 5) is 11.3. The number of aromatic amines is 1. The van der Waals surface area contributed by atoms with Crippen LogP contribution in [0.1, 0.15) is 11.1 Å². The highest BCUT2D eigenvalue weighted by atomic mass is 19.1. The molecule has 0 fully saturated rings. The molecule has 0 atom stereocenters. The van der Waals surface area contributed by atoms with Gasteiger partial charge in [-0.3, -0.25) is 4.99 Å². The first-order valence-corrected chi connectivity index (χ1v) is 6.14. The molecule has 3 aromatic rings. The molecular weight excluding hydrogens is 253 g/mol. The number of hydrogen-bond acceptors (Lipinski definition) is 2. The van der Waals surface area contributed by atoms with Crippen LogP contribution in [0, 0.1) is 5.82 Å². The van der Waals surface area contributed by atoms with Crippen LogP contribution in [-0.4, -0.2) is 16.7 Å². The number of nitrogens with zero attached hydrogens (tertiary/aromatic N) is 2. The largest absolute Gasteiger partial charge is 0.346 e. The molecule has 0 aliphatic heterocycles. The lowest BCUT2D eigenvalue weighted by molar-refractivity contribution is 0.627. The van der Waals surface area contributed by atoms with Crippen LogP contribution < -0.4 is 0 Å². The first-order valence-electron chi connectivity index (χ1n) is 6.14. The number of H-pyrrole nitrogens is 1. The molecule has 0 unspecified atom stereocenters. The van der Waals surface area contributed by atoms with Crippen molar-refractivity contribution in [1.29, 1.82) is 0 Å². The zero-order chi connectivity index (χ0) is 13.9. The monoisotopic (exact) mass is 265 g/mol. The van der Waals surface area contributed by atoms with E-state index in [0.29, 0.717) is 5.70 Å². The predicted octanol–water partition coefficient (Wildman–Crippen LogP) is 3.90. The number of aliphatic imine (C=N–C) groups is 1. The highest BCUT2D eigenvalue weighted by molar-refractivity contribution is 5.92. The lowest BCUT2D eigenvalue weighted by atomic mass is 10.1. The number of aromatic nitrogens is 2. The highest BCUT2D eigenvalue weighted by Gasteiger charge is 2.04. The van der Waals surface area contributed by atoms with Crippen molar-refractivity contribution in [1.82, 2.24) is 9.97 Å². The average molecular weight is 265 g/mol. The molecule has 1 aromatic carbocycles. The van der Waals surface area contributed by atoms with Crippen LogP contribution in [0.5, 0.6) is 0 Å². The van der Waals surface area contributed by atoms with Gasteiger partial charge in [-0.15, -0.1) is 0 Å². The Balaban J connectivity index is 2.10. The third-order valence-electron chi connectivity index (χ3n) is 3.10. The number of rotatable bonds is 3. The van der Waals surface area contributed by atoms with E-state index in [1.54, 1.807) is 18.3 Å². The van der Waals surface area contributed by atoms with Crippen molar-refractivity contribution in [2.75, 3.05) is 0 Å². The van der Waals surface area contributed by atoms with Crippen LogP contribution in [-0.2, 0) is 0 Å². The molecule has 2 heterocycles. The summed E-state index contributed by atoms with van der Waals surface area (Å²) in [5.41, 5.74) is 3.32. The molecular formula is C16H12FN3. The molecule has 0 radical (unpaired) electrons. The zero-order valence-corrected chi connectivity index (χ0v) is 10.7. The standard InChI is InChI=1S/C16H12FN3/c1-18-15(11-2-4-13(17)5-3-11)10-12-6-8-19-16-14(12)7-9-20-16/h2-10H,1H2,(H,19,20)/b15-10+. The van der Waals surface area contributed by atoms with Crippen molar-refractivity contribution in [3.63, 3.8) is 0 Å². The van der Waals surface area contributed by atoms with Gasteiger partial charge < -0.3 is 4.98 Å². The quantitative estimate of drug-likeness (QED) is 0.717. The van der Waals surface area contributed by atoms with E-state index < -0.39 is 0 Å². The summed E-state index contributed by atoms with van der Waals surface area (Å²) in [7, 11) is 0. The molecule has 98 valence electrons. The van der Waals surface area contributed by atoms with Crippen LogP contribution in [0.4, 0.5) is 4.39 Å². The average Bonchev–Trinajstić information content (AvgIpc) is 2.95. The summed E-state index contributed by atoms with van der Waals surface area (Å²) in [6.07, 6.45) is 5.49. The molecule has 0 bridgehead atoms. The fourth-order valence-corrected chi connectivity index (χ4v) is 2.10. The van der Waals surface area contributed by atoms with Gasteiger partial charge in [0.05, 0.1) is 5.70 Å². The smallest absolute Gasteiger partial charge is 0.137 e. The molecule has 0 amide bonds. The third kappa shape index (κ3) is 2.23. The second-order valence-corrected chi connectivity index (χ2v) is 4.33. The Morgan fingerprint density at radius 1 is 1.20 bits per heavy atom. The Kier molecular flexibility index (Phi) is 3.13. The number of hydrogen-bond donors (Lipinski definition) is 1. The molecule has 0 aliphatic rings. The van der Waals surface area contributed by atoms with Gasteiger partial charge in [0.25, 0.3) is 0 Å². The van der Waals surface area contributed by atoms with Crippen molar-refractivity contribution in [2.45, 2.75) is 0 Å². The summed E-state index contributed by atoms with van der Waals surface area (Å²) in [6, 6.07) is 10.1. The highest BCUT2D eigenvalue weighted by Crippen LogP contribution is 2.23. The lowest BCUT2D eigenvalue weighted by Gasteiger charge is -2.03. The first-order chi connectivity index (χ1) is 9.78. The Morgan fingerprint density at radius 3 is 2.75 bits per heavy atom. The van der Waals surface area contributed by atoms with Gasteiger partial charge in [-0.25, -0.2) is 9.37 Å². The minimum atomic E-state index is -0.269. The van der Waals surface area contributed by atoms with Crippen LogP contribution >= 0.6 is 0 Å². The molecule has 3 nitrogen and oxygen atoms in total. The summed E-state index contributed by atoms with van der Waals surface area (Å²) in [5, 5.41) is 1.01. The van der Waals surface area contributed by atoms with Crippen LogP contribution in [0.25, 0.3) is 22.8 Å². The van der Waals surface area contributed by atoms with Crippen molar-refractivity contribution < 1.29 is 4.39 Å². The summed E-state index contributed by atoms with van der Waals surface area (Å²) in [6.45, 7) is 3.59. The second kappa shape index (κ2) is 5.09. The molecule has 20 heavy (non-hydrogen) atoms. The molecule has 1 N–H and O–H groups in total. The number of halogens is 1. The molecule has 0 saturated carbocycles. The number of fused-ring (bicyclic) bond motifs is 1. The fourth-order valence-electron chi connectivity index (χ4n) is 2.10. The zero-order valence-electron chi connectivity index (χ0n) is 10.7. The minimum Gasteiger partial charge on any atom is -0.346 e. The maximum atomic E-state index is 13.0. The Hall–Kier alpha value is -2.75. The predicted molar refractivity (Wildman–Crippen MR) is 79.9 cm³/mol. The molecule has 4 heteroatoms. The number of nitrogens with one attached hydrogen (secondary N) is 1. The van der Waals surface area contributed by atoms with E-state index in [-0.39, 0.29) is 5.82 Å². The topological polar surface area (TPSA) is 41.0 Å². The van der Waals surface area contributed by atoms with Gasteiger partial charge in [-0.05, 0) is 54.8 Å². The molecule has 0 saturated heterocycles. The number of benzene rings is 1. The van der Waals surface area contributed by atoms with E-state index in [9.17, 15) is 4.39 Å². The van der Waals surface area contributed by atoms with E-state index in [2.05, 4.69) is 21.7 Å². The van der Waals surface area contributed by atoms with Crippen LogP contribution in [0.2, 0.25) is 0 Å². The van der Waals surface area contributed by atoms with Crippen molar-refractivity contribution >= 4 is 29.5 Å². The SMILES string of the molecule is C=N/C(=C/c1ccnc2[nH]ccc12)c1ccc(F)cc1. The van der Waals surface area contributed by atoms with Crippen molar-refractivity contribution in [3.8, 4) is 0 Å². The van der Waals surface area contributed by atoms with Gasteiger partial charge in [-0.2, -0.15) is 0 Å². The van der Waals surface area contributed by atoms with Crippen LogP contribution in [0.15, 0.2) is 53.8 Å². The summed E-state index contributed by atoms with van der Waals surface area (Å²) in [5.74, 6) is -0.269. The second-order valence-electron chi connectivity index (χ2n) is 4.33. The Morgan fingerprint density at radius 2 is 2.00 bits per heavy atom. The molecule has 0 spiro atoms. The van der Waals surface area contributed by atoms with E-state index in [1.165, 1.54) is 12.1 Å². The normalized spacial score (nSPS) is 11.8. The van der Waals surface area contributed by atoms with Crippen molar-refractivity contribution in [3.05, 3.63) is 65.7 Å². The fraction of sp³-hybridized carbons (Fsp3) is 0. The van der Waals surface area contributed by atoms with Gasteiger partial charge in [0, 0.05) is 23.3 Å². The van der Waals surface area contributed by atoms with Gasteiger partial charge in [0.15, 0.2) is 0 Å². The Bertz CT molecular complexity index is 785. The molecule has 3 rings (SSSR count). The Labute approximate surface area is 115 Å². The van der Waals surface area contributed by atoms with Gasteiger partial charge in [-0.1, -0.05) is 0 Å². The van der Waals surface area contributed by atoms with E-state index in [1.807, 2.05) is 24.4 Å². The van der Waals surface area contributed by atoms with Gasteiger partial charge in [0.1, 0.15) is 11.5 Å². The summed E-state index contributed by atoms with van der Waals surface area (Å²) >= 11 is 0. The molecule has 0 aliphatic carbocycles. The summed E-state index contributed by atoms with van der Waals surface area (Å²) < 4.78 is 13.0. The van der Waals surface area contributed by atoms with E-state index in [0.717, 1.165) is 22.2 Å². The third-order valence-corrected chi connectivity index (χ3v) is 3.10. The lowest BCUT2D eigenvalue weighted by Crippen LogP contribution is -1.84. The van der Waals surface area contributed by atoms with Gasteiger partial charge >= 0.3 is 0 Å². The van der Waals surface area contributed by atoms with E-state index >= 15 is 0 Å². The number of pyridine rings is 1. The first kappa shape index (κ1) is 12.3.